The lowest BCUT2D eigenvalue weighted by atomic mass is 10.0. The number of rotatable bonds is 5. The highest BCUT2D eigenvalue weighted by molar-refractivity contribution is 7.18. The van der Waals surface area contributed by atoms with Crippen molar-refractivity contribution in [3.8, 4) is 0 Å². The van der Waals surface area contributed by atoms with Gasteiger partial charge in [-0.1, -0.05) is 26.0 Å². The summed E-state index contributed by atoms with van der Waals surface area (Å²) in [5.41, 5.74) is 0.945. The van der Waals surface area contributed by atoms with E-state index in [0.717, 1.165) is 15.2 Å². The lowest BCUT2D eigenvalue weighted by Gasteiger charge is -2.48. The van der Waals surface area contributed by atoms with Crippen LogP contribution in [0.4, 0.5) is 0 Å². The first-order valence-corrected chi connectivity index (χ1v) is 11.4. The Balaban J connectivity index is 1.44. The van der Waals surface area contributed by atoms with Gasteiger partial charge in [-0.15, -0.1) is 11.3 Å². The molecular weight excluding hydrogens is 400 g/mol. The van der Waals surface area contributed by atoms with Crippen LogP contribution in [0, 0.1) is 5.92 Å². The third-order valence-corrected chi connectivity index (χ3v) is 6.95. The molecule has 2 aliphatic rings. The third-order valence-electron chi connectivity index (χ3n) is 5.86. The highest BCUT2D eigenvalue weighted by Gasteiger charge is 2.46. The van der Waals surface area contributed by atoms with Crippen LogP contribution in [0.25, 0.3) is 10.2 Å². The van der Waals surface area contributed by atoms with Crippen LogP contribution in [-0.4, -0.2) is 75.7 Å². The summed E-state index contributed by atoms with van der Waals surface area (Å²) in [7, 11) is 0. The van der Waals surface area contributed by atoms with Gasteiger partial charge in [-0.05, 0) is 25.0 Å². The molecule has 0 unspecified atom stereocenters. The van der Waals surface area contributed by atoms with Gasteiger partial charge in [-0.3, -0.25) is 14.4 Å². The van der Waals surface area contributed by atoms with Crippen LogP contribution in [0.5, 0.6) is 0 Å². The lowest BCUT2D eigenvalue weighted by molar-refractivity contribution is -0.165. The molecule has 0 spiro atoms. The minimum absolute atomic E-state index is 0.0424. The van der Waals surface area contributed by atoms with Crippen molar-refractivity contribution in [2.45, 2.75) is 45.7 Å². The van der Waals surface area contributed by atoms with Crippen LogP contribution in [0.3, 0.4) is 0 Å². The number of hydrogen-bond acceptors (Lipinski definition) is 5. The summed E-state index contributed by atoms with van der Waals surface area (Å²) >= 11 is 1.59. The van der Waals surface area contributed by atoms with E-state index >= 15 is 0 Å². The zero-order chi connectivity index (χ0) is 21.4. The number of carbonyl (C=O) groups is 3. The number of aromatic nitrogens is 1. The molecule has 160 valence electrons. The standard InChI is InChI=1S/C22H28N4O3S/c1-14(2)12-24-10-11-25-17(22(24)29)13-26(15(3)21(25)28)20(27)9-8-19-23-16-6-4-5-7-18(16)30-19/h4-7,14-15,17H,8-13H2,1-3H3/t15-,17-/m0/s1. The summed E-state index contributed by atoms with van der Waals surface area (Å²) in [6, 6.07) is 6.82. The summed E-state index contributed by atoms with van der Waals surface area (Å²) in [4.78, 5) is 48.5. The fraction of sp³-hybridized carbons (Fsp3) is 0.545. The van der Waals surface area contributed by atoms with Gasteiger partial charge in [0.2, 0.25) is 17.7 Å². The Kier molecular flexibility index (Phi) is 5.77. The number of carbonyl (C=O) groups excluding carboxylic acids is 3. The normalized spacial score (nSPS) is 22.2. The van der Waals surface area contributed by atoms with Crippen LogP contribution in [-0.2, 0) is 20.8 Å². The Labute approximate surface area is 180 Å². The van der Waals surface area contributed by atoms with Gasteiger partial charge in [-0.2, -0.15) is 0 Å². The molecule has 0 saturated carbocycles. The average molecular weight is 429 g/mol. The molecule has 0 bridgehead atoms. The number of thiazole rings is 1. The maximum atomic E-state index is 13.0. The molecule has 0 radical (unpaired) electrons. The van der Waals surface area contributed by atoms with Gasteiger partial charge >= 0.3 is 0 Å². The van der Waals surface area contributed by atoms with Crippen LogP contribution in [0.15, 0.2) is 24.3 Å². The van der Waals surface area contributed by atoms with Crippen molar-refractivity contribution < 1.29 is 14.4 Å². The minimum Gasteiger partial charge on any atom is -0.339 e. The van der Waals surface area contributed by atoms with E-state index in [1.54, 1.807) is 28.1 Å². The van der Waals surface area contributed by atoms with Crippen molar-refractivity contribution in [1.29, 1.82) is 0 Å². The van der Waals surface area contributed by atoms with E-state index in [1.807, 2.05) is 29.2 Å². The second-order valence-electron chi connectivity index (χ2n) is 8.52. The number of nitrogens with zero attached hydrogens (tertiary/aromatic N) is 4. The quantitative estimate of drug-likeness (QED) is 0.732. The second kappa shape index (κ2) is 8.34. The molecule has 3 amide bonds. The van der Waals surface area contributed by atoms with E-state index in [9.17, 15) is 14.4 Å². The third kappa shape index (κ3) is 3.93. The molecule has 7 nitrogen and oxygen atoms in total. The number of fused-ring (bicyclic) bond motifs is 2. The van der Waals surface area contributed by atoms with E-state index in [1.165, 1.54) is 0 Å². The number of para-hydroxylation sites is 1. The molecule has 3 heterocycles. The first-order chi connectivity index (χ1) is 14.3. The monoisotopic (exact) mass is 428 g/mol. The number of piperazine rings is 2. The second-order valence-corrected chi connectivity index (χ2v) is 9.64. The van der Waals surface area contributed by atoms with Crippen molar-refractivity contribution in [3.63, 3.8) is 0 Å². The summed E-state index contributed by atoms with van der Waals surface area (Å²) in [5, 5.41) is 0.916. The molecule has 2 aliphatic heterocycles. The van der Waals surface area contributed by atoms with E-state index in [-0.39, 0.29) is 30.7 Å². The zero-order valence-corrected chi connectivity index (χ0v) is 18.5. The lowest BCUT2D eigenvalue weighted by Crippen LogP contribution is -2.70. The maximum absolute atomic E-state index is 13.0. The topological polar surface area (TPSA) is 73.8 Å². The van der Waals surface area contributed by atoms with E-state index in [4.69, 9.17) is 0 Å². The molecule has 4 rings (SSSR count). The fourth-order valence-corrected chi connectivity index (χ4v) is 5.29. The predicted octanol–water partition coefficient (Wildman–Crippen LogP) is 2.15. The molecule has 2 aromatic rings. The number of benzene rings is 1. The maximum Gasteiger partial charge on any atom is 0.247 e. The molecule has 30 heavy (non-hydrogen) atoms. The molecular formula is C22H28N4O3S. The van der Waals surface area contributed by atoms with Crippen molar-refractivity contribution in [2.24, 2.45) is 5.92 Å². The molecule has 1 aromatic heterocycles. The van der Waals surface area contributed by atoms with Crippen molar-refractivity contribution in [3.05, 3.63) is 29.3 Å². The minimum atomic E-state index is -0.562. The summed E-state index contributed by atoms with van der Waals surface area (Å²) < 4.78 is 1.11. The van der Waals surface area contributed by atoms with Gasteiger partial charge in [0, 0.05) is 32.5 Å². The summed E-state index contributed by atoms with van der Waals surface area (Å²) in [6.45, 7) is 7.98. The first-order valence-electron chi connectivity index (χ1n) is 10.6. The Morgan fingerprint density at radius 2 is 1.97 bits per heavy atom. The van der Waals surface area contributed by atoms with E-state index in [0.29, 0.717) is 32.0 Å². The number of aryl methyl sites for hydroxylation is 1. The van der Waals surface area contributed by atoms with Crippen molar-refractivity contribution in [2.75, 3.05) is 26.2 Å². The van der Waals surface area contributed by atoms with Gasteiger partial charge in [0.25, 0.3) is 0 Å². The largest absolute Gasteiger partial charge is 0.339 e. The zero-order valence-electron chi connectivity index (χ0n) is 17.7. The number of hydrogen-bond donors (Lipinski definition) is 0. The Morgan fingerprint density at radius 3 is 2.70 bits per heavy atom. The molecule has 1 aromatic carbocycles. The van der Waals surface area contributed by atoms with Gasteiger partial charge < -0.3 is 14.7 Å². The summed E-state index contributed by atoms with van der Waals surface area (Å²) in [5.74, 6) is 0.102. The Morgan fingerprint density at radius 1 is 1.20 bits per heavy atom. The average Bonchev–Trinajstić information content (AvgIpc) is 3.13. The molecule has 2 saturated heterocycles. The van der Waals surface area contributed by atoms with Gasteiger partial charge in [0.1, 0.15) is 12.1 Å². The molecule has 8 heteroatoms. The molecule has 0 aliphatic carbocycles. The van der Waals surface area contributed by atoms with Crippen LogP contribution in [0.1, 0.15) is 32.2 Å². The van der Waals surface area contributed by atoms with Crippen LogP contribution in [0.2, 0.25) is 0 Å². The fourth-order valence-electron chi connectivity index (χ4n) is 4.32. The predicted molar refractivity (Wildman–Crippen MR) is 116 cm³/mol. The molecule has 2 atom stereocenters. The Bertz CT molecular complexity index is 939. The first kappa shape index (κ1) is 20.8. The molecule has 0 N–H and O–H groups in total. The van der Waals surface area contributed by atoms with Crippen LogP contribution >= 0.6 is 11.3 Å². The highest BCUT2D eigenvalue weighted by Crippen LogP contribution is 2.25. The van der Waals surface area contributed by atoms with Gasteiger partial charge in [-0.25, -0.2) is 4.98 Å². The van der Waals surface area contributed by atoms with E-state index in [2.05, 4.69) is 18.8 Å². The van der Waals surface area contributed by atoms with E-state index < -0.39 is 12.1 Å². The van der Waals surface area contributed by atoms with Crippen molar-refractivity contribution >= 4 is 39.3 Å². The smallest absolute Gasteiger partial charge is 0.247 e. The van der Waals surface area contributed by atoms with Crippen molar-refractivity contribution in [1.82, 2.24) is 19.7 Å². The SMILES string of the molecule is CC(C)CN1CCN2C(=O)[C@H](C)N(C(=O)CCc3nc4ccccc4s3)C[C@H]2C1=O. The van der Waals surface area contributed by atoms with Crippen LogP contribution < -0.4 is 0 Å². The Hall–Kier alpha value is -2.48. The summed E-state index contributed by atoms with van der Waals surface area (Å²) in [6.07, 6.45) is 0.825. The highest BCUT2D eigenvalue weighted by atomic mass is 32.1. The number of amides is 3. The molecule has 2 fully saturated rings. The van der Waals surface area contributed by atoms with Gasteiger partial charge in [0.05, 0.1) is 21.8 Å². The van der Waals surface area contributed by atoms with Gasteiger partial charge in [0.15, 0.2) is 0 Å².